The van der Waals surface area contributed by atoms with E-state index in [9.17, 15) is 10.1 Å². The first-order chi connectivity index (χ1) is 9.15. The van der Waals surface area contributed by atoms with Gasteiger partial charge in [0.05, 0.1) is 10.6 Å². The molecule has 0 saturated heterocycles. The van der Waals surface area contributed by atoms with Crippen LogP contribution in [0.3, 0.4) is 0 Å². The predicted molar refractivity (Wildman–Crippen MR) is 81.7 cm³/mol. The number of anilines is 1. The number of rotatable bonds is 3. The van der Waals surface area contributed by atoms with Gasteiger partial charge in [0.25, 0.3) is 5.69 Å². The summed E-state index contributed by atoms with van der Waals surface area (Å²) in [6, 6.07) is 15.3. The van der Waals surface area contributed by atoms with Gasteiger partial charge in [-0.1, -0.05) is 24.3 Å². The van der Waals surface area contributed by atoms with E-state index in [0.29, 0.717) is 11.4 Å². The van der Waals surface area contributed by atoms with E-state index in [4.69, 9.17) is 5.73 Å². The van der Waals surface area contributed by atoms with Gasteiger partial charge in [-0.3, -0.25) is 10.1 Å². The van der Waals surface area contributed by atoms with Gasteiger partial charge in [-0.25, -0.2) is 4.99 Å². The average molecular weight is 293 g/mol. The Hall–Kier alpha value is -2.60. The number of nitro benzene ring substituents is 1. The number of nitrogens with two attached hydrogens (primary N) is 1. The number of halogens is 1. The third kappa shape index (κ3) is 4.25. The van der Waals surface area contributed by atoms with E-state index in [0.717, 1.165) is 0 Å². The molecule has 0 fully saturated rings. The minimum atomic E-state index is -0.463. The molecule has 2 rings (SSSR count). The van der Waals surface area contributed by atoms with Gasteiger partial charge in [0.1, 0.15) is 0 Å². The maximum Gasteiger partial charge on any atom is 0.271 e. The minimum Gasteiger partial charge on any atom is -0.369 e. The van der Waals surface area contributed by atoms with Crippen molar-refractivity contribution in [3.8, 4) is 0 Å². The van der Waals surface area contributed by atoms with Crippen LogP contribution in [-0.4, -0.2) is 10.9 Å². The van der Waals surface area contributed by atoms with Gasteiger partial charge in [-0.2, -0.15) is 0 Å². The molecule has 0 radical (unpaired) electrons. The van der Waals surface area contributed by atoms with E-state index in [2.05, 4.69) is 10.3 Å². The average Bonchev–Trinajstić information content (AvgIpc) is 2.40. The first kappa shape index (κ1) is 15.5. The van der Waals surface area contributed by atoms with E-state index in [1.165, 1.54) is 12.1 Å². The lowest BCUT2D eigenvalue weighted by molar-refractivity contribution is -0.384. The third-order valence-corrected chi connectivity index (χ3v) is 2.34. The second kappa shape index (κ2) is 7.10. The molecule has 0 saturated carbocycles. The monoisotopic (exact) mass is 292 g/mol. The fourth-order valence-electron chi connectivity index (χ4n) is 1.51. The fourth-order valence-corrected chi connectivity index (χ4v) is 1.51. The Kier molecular flexibility index (Phi) is 5.49. The van der Waals surface area contributed by atoms with Crippen LogP contribution in [0.25, 0.3) is 0 Å². The number of nitrogens with one attached hydrogen (secondary N) is 1. The molecule has 104 valence electrons. The highest BCUT2D eigenvalue weighted by Gasteiger charge is 2.05. The molecule has 0 aliphatic carbocycles. The van der Waals surface area contributed by atoms with Gasteiger partial charge in [0, 0.05) is 17.8 Å². The second-order valence-electron chi connectivity index (χ2n) is 3.77. The molecule has 2 aromatic carbocycles. The van der Waals surface area contributed by atoms with Gasteiger partial charge in [-0.15, -0.1) is 12.4 Å². The molecule has 0 aliphatic rings. The standard InChI is InChI=1S/C13H12N4O2.ClH/c14-13(15-10-5-2-1-3-6-10)16-11-7-4-8-12(9-11)17(18)19;/h1-9H,(H3,14,15,16);1H. The van der Waals surface area contributed by atoms with Crippen molar-refractivity contribution in [2.24, 2.45) is 10.7 Å². The summed E-state index contributed by atoms with van der Waals surface area (Å²) in [6.45, 7) is 0. The first-order valence-corrected chi connectivity index (χ1v) is 5.56. The molecular formula is C13H13ClN4O2. The fraction of sp³-hybridized carbons (Fsp3) is 0. The molecule has 3 N–H and O–H groups in total. The van der Waals surface area contributed by atoms with Crippen LogP contribution >= 0.6 is 12.4 Å². The predicted octanol–water partition coefficient (Wildman–Crippen LogP) is 3.07. The van der Waals surface area contributed by atoms with Crippen LogP contribution in [0.15, 0.2) is 59.6 Å². The van der Waals surface area contributed by atoms with E-state index in [1.807, 2.05) is 30.3 Å². The number of hydrogen-bond acceptors (Lipinski definition) is 3. The SMILES string of the molecule is Cl.NC(=Nc1ccccc1)Nc1cccc([N+](=O)[O-])c1. The van der Waals surface area contributed by atoms with Gasteiger partial charge < -0.3 is 11.1 Å². The summed E-state index contributed by atoms with van der Waals surface area (Å²) in [4.78, 5) is 14.3. The van der Waals surface area contributed by atoms with Crippen molar-refractivity contribution in [1.82, 2.24) is 0 Å². The molecule has 2 aromatic rings. The lowest BCUT2D eigenvalue weighted by atomic mass is 10.3. The smallest absolute Gasteiger partial charge is 0.271 e. The Morgan fingerprint density at radius 1 is 1.15 bits per heavy atom. The van der Waals surface area contributed by atoms with Gasteiger partial charge >= 0.3 is 0 Å². The van der Waals surface area contributed by atoms with Crippen molar-refractivity contribution in [3.63, 3.8) is 0 Å². The molecule has 0 aromatic heterocycles. The Morgan fingerprint density at radius 2 is 1.85 bits per heavy atom. The summed E-state index contributed by atoms with van der Waals surface area (Å²) < 4.78 is 0. The Balaban J connectivity index is 0.00000200. The lowest BCUT2D eigenvalue weighted by Gasteiger charge is -2.05. The third-order valence-electron chi connectivity index (χ3n) is 2.34. The molecule has 0 heterocycles. The molecule has 0 aliphatic heterocycles. The molecule has 7 heteroatoms. The molecule has 0 spiro atoms. The van der Waals surface area contributed by atoms with Crippen molar-refractivity contribution in [2.75, 3.05) is 5.32 Å². The molecule has 0 amide bonds. The summed E-state index contributed by atoms with van der Waals surface area (Å²) in [5.41, 5.74) is 6.96. The van der Waals surface area contributed by atoms with E-state index >= 15 is 0 Å². The quantitative estimate of drug-likeness (QED) is 0.393. The van der Waals surface area contributed by atoms with Crippen molar-refractivity contribution in [1.29, 1.82) is 0 Å². The highest BCUT2D eigenvalue weighted by Crippen LogP contribution is 2.17. The largest absolute Gasteiger partial charge is 0.369 e. The van der Waals surface area contributed by atoms with Crippen molar-refractivity contribution in [2.45, 2.75) is 0 Å². The second-order valence-corrected chi connectivity index (χ2v) is 3.77. The molecular weight excluding hydrogens is 280 g/mol. The highest BCUT2D eigenvalue weighted by atomic mass is 35.5. The number of nitro groups is 1. The Bertz CT molecular complexity index is 617. The van der Waals surface area contributed by atoms with E-state index in [1.54, 1.807) is 12.1 Å². The van der Waals surface area contributed by atoms with Crippen LogP contribution in [0.5, 0.6) is 0 Å². The minimum absolute atomic E-state index is 0. The number of benzene rings is 2. The summed E-state index contributed by atoms with van der Waals surface area (Å²) in [5.74, 6) is 0.173. The van der Waals surface area contributed by atoms with Gasteiger partial charge in [0.15, 0.2) is 5.96 Å². The first-order valence-electron chi connectivity index (χ1n) is 5.56. The van der Waals surface area contributed by atoms with Crippen molar-refractivity contribution < 1.29 is 4.92 Å². The topological polar surface area (TPSA) is 93.5 Å². The molecule has 20 heavy (non-hydrogen) atoms. The number of nitrogens with zero attached hydrogens (tertiary/aromatic N) is 2. The summed E-state index contributed by atoms with van der Waals surface area (Å²) in [5, 5.41) is 13.5. The summed E-state index contributed by atoms with van der Waals surface area (Å²) in [7, 11) is 0. The zero-order valence-electron chi connectivity index (χ0n) is 10.4. The molecule has 0 bridgehead atoms. The van der Waals surface area contributed by atoms with Crippen LogP contribution in [-0.2, 0) is 0 Å². The van der Waals surface area contributed by atoms with Crippen LogP contribution in [0.1, 0.15) is 0 Å². The normalized spacial score (nSPS) is 10.5. The number of guanidine groups is 1. The zero-order chi connectivity index (χ0) is 13.7. The van der Waals surface area contributed by atoms with Crippen molar-refractivity contribution >= 4 is 35.4 Å². The Morgan fingerprint density at radius 3 is 2.50 bits per heavy atom. The highest BCUT2D eigenvalue weighted by molar-refractivity contribution is 5.94. The van der Waals surface area contributed by atoms with Crippen LogP contribution in [0.2, 0.25) is 0 Å². The van der Waals surface area contributed by atoms with Crippen LogP contribution in [0, 0.1) is 10.1 Å². The maximum absolute atomic E-state index is 10.6. The van der Waals surface area contributed by atoms with Gasteiger partial charge in [-0.05, 0) is 18.2 Å². The molecule has 6 nitrogen and oxygen atoms in total. The lowest BCUT2D eigenvalue weighted by Crippen LogP contribution is -2.21. The Labute approximate surface area is 121 Å². The van der Waals surface area contributed by atoms with Crippen molar-refractivity contribution in [3.05, 3.63) is 64.7 Å². The molecule has 0 unspecified atom stereocenters. The number of para-hydroxylation sites is 1. The number of non-ortho nitro benzene ring substituents is 1. The summed E-state index contributed by atoms with van der Waals surface area (Å²) in [6.07, 6.45) is 0. The van der Waals surface area contributed by atoms with Crippen LogP contribution < -0.4 is 11.1 Å². The summed E-state index contributed by atoms with van der Waals surface area (Å²) >= 11 is 0. The van der Waals surface area contributed by atoms with E-state index in [-0.39, 0.29) is 24.1 Å². The number of hydrogen-bond donors (Lipinski definition) is 2. The van der Waals surface area contributed by atoms with E-state index < -0.39 is 4.92 Å². The van der Waals surface area contributed by atoms with Crippen LogP contribution in [0.4, 0.5) is 17.1 Å². The molecule has 0 atom stereocenters. The van der Waals surface area contributed by atoms with Gasteiger partial charge in [0.2, 0.25) is 0 Å². The maximum atomic E-state index is 10.6. The zero-order valence-corrected chi connectivity index (χ0v) is 11.2. The number of aliphatic imine (C=N–C) groups is 1.